The van der Waals surface area contributed by atoms with Crippen LogP contribution < -0.4 is 0 Å². The van der Waals surface area contributed by atoms with E-state index in [2.05, 4.69) is 24.2 Å². The first kappa shape index (κ1) is 12.6. The van der Waals surface area contributed by atoms with Crippen molar-refractivity contribution >= 4 is 36.0 Å². The molecule has 0 bridgehead atoms. The first-order chi connectivity index (χ1) is 5.13. The van der Waals surface area contributed by atoms with Gasteiger partial charge >= 0.3 is 11.6 Å². The topological polar surface area (TPSA) is 0 Å². The van der Waals surface area contributed by atoms with Gasteiger partial charge in [0.2, 0.25) is 0 Å². The van der Waals surface area contributed by atoms with E-state index in [0.717, 1.165) is 0 Å². The van der Waals surface area contributed by atoms with Gasteiger partial charge in [-0.25, -0.2) is 0 Å². The van der Waals surface area contributed by atoms with Crippen molar-refractivity contribution in [2.75, 3.05) is 5.75 Å². The fourth-order valence-corrected chi connectivity index (χ4v) is 1.22. The summed E-state index contributed by atoms with van der Waals surface area (Å²) in [5.41, 5.74) is 0. The van der Waals surface area contributed by atoms with Gasteiger partial charge in [-0.3, -0.25) is 0 Å². The maximum absolute atomic E-state index is 12.0. The van der Waals surface area contributed by atoms with Crippen molar-refractivity contribution in [2.45, 2.75) is 16.1 Å². The molecule has 0 aliphatic carbocycles. The molecule has 0 amide bonds. The molecule has 0 aromatic rings. The summed E-state index contributed by atoms with van der Waals surface area (Å²) in [6, 6.07) is 0. The van der Waals surface area contributed by atoms with Crippen LogP contribution in [0.25, 0.3) is 0 Å². The van der Waals surface area contributed by atoms with E-state index < -0.39 is 21.9 Å². The monoisotopic (exact) mass is 246 g/mol. The van der Waals surface area contributed by atoms with Gasteiger partial charge in [0.1, 0.15) is 4.58 Å². The highest BCUT2D eigenvalue weighted by atomic mass is 35.5. The summed E-state index contributed by atoms with van der Waals surface area (Å²) in [7, 11) is 0. The number of thiol groups is 1. The second-order valence-electron chi connectivity index (χ2n) is 1.82. The molecule has 1 atom stereocenters. The highest BCUT2D eigenvalue weighted by Gasteiger charge is 2.38. The highest BCUT2D eigenvalue weighted by Crippen LogP contribution is 2.37. The van der Waals surface area contributed by atoms with Crippen LogP contribution in [0.5, 0.6) is 0 Å². The number of hydrogen-bond donors (Lipinski definition) is 1. The predicted molar refractivity (Wildman–Crippen MR) is 42.1 cm³/mol. The molecule has 0 spiro atoms. The molecule has 0 aliphatic heterocycles. The van der Waals surface area contributed by atoms with E-state index in [9.17, 15) is 22.0 Å². The Balaban J connectivity index is 3.80. The minimum atomic E-state index is -4.48. The van der Waals surface area contributed by atoms with E-state index in [1.807, 2.05) is 0 Å². The molecule has 0 aromatic heterocycles. The summed E-state index contributed by atoms with van der Waals surface area (Å²) in [5, 5.41) is -3.72. The standard InChI is InChI=1S/C4H4ClF5S2/c5-4(9,10)2(11)12-1-3(6,7)8/h2,11H,1H2. The lowest BCUT2D eigenvalue weighted by atomic mass is 10.8. The van der Waals surface area contributed by atoms with Gasteiger partial charge in [-0.2, -0.15) is 34.6 Å². The summed E-state index contributed by atoms with van der Waals surface area (Å²) in [6.07, 6.45) is -4.48. The molecular formula is C4H4ClF5S2. The average molecular weight is 247 g/mol. The van der Waals surface area contributed by atoms with E-state index in [1.165, 1.54) is 0 Å². The number of thioether (sulfide) groups is 1. The minimum Gasteiger partial charge on any atom is -0.186 e. The summed E-state index contributed by atoms with van der Waals surface area (Å²) < 4.78 is 56.5. The van der Waals surface area contributed by atoms with Crippen LogP contribution >= 0.6 is 36.0 Å². The molecule has 0 aromatic carbocycles. The smallest absolute Gasteiger partial charge is 0.186 e. The lowest BCUT2D eigenvalue weighted by Crippen LogP contribution is -2.22. The zero-order valence-electron chi connectivity index (χ0n) is 5.41. The Kier molecular flexibility index (Phi) is 4.46. The highest BCUT2D eigenvalue weighted by molar-refractivity contribution is 8.10. The molecule has 0 N–H and O–H groups in total. The number of halogens is 6. The van der Waals surface area contributed by atoms with Crippen molar-refractivity contribution < 1.29 is 22.0 Å². The molecule has 0 saturated heterocycles. The molecule has 0 fully saturated rings. The van der Waals surface area contributed by atoms with Crippen LogP contribution in [0.15, 0.2) is 0 Å². The zero-order valence-corrected chi connectivity index (χ0v) is 7.87. The predicted octanol–water partition coefficient (Wildman–Crippen LogP) is 3.37. The van der Waals surface area contributed by atoms with Gasteiger partial charge in [-0.15, -0.1) is 11.8 Å². The largest absolute Gasteiger partial charge is 0.397 e. The van der Waals surface area contributed by atoms with Crippen LogP contribution in [-0.4, -0.2) is 21.9 Å². The lowest BCUT2D eigenvalue weighted by molar-refractivity contribution is -0.105. The molecule has 0 radical (unpaired) electrons. The summed E-state index contributed by atoms with van der Waals surface area (Å²) in [4.78, 5) is 0. The Bertz CT molecular complexity index is 141. The molecular weight excluding hydrogens is 243 g/mol. The fraction of sp³-hybridized carbons (Fsp3) is 1.00. The van der Waals surface area contributed by atoms with Crippen LogP contribution in [-0.2, 0) is 0 Å². The molecule has 0 heterocycles. The van der Waals surface area contributed by atoms with E-state index in [4.69, 9.17) is 0 Å². The van der Waals surface area contributed by atoms with Crippen LogP contribution in [0.2, 0.25) is 0 Å². The lowest BCUT2D eigenvalue weighted by Gasteiger charge is -2.16. The zero-order chi connectivity index (χ0) is 9.99. The minimum absolute atomic E-state index is 0.0525. The number of rotatable bonds is 3. The Morgan fingerprint density at radius 2 is 1.67 bits per heavy atom. The molecule has 8 heteroatoms. The first-order valence-electron chi connectivity index (χ1n) is 2.56. The van der Waals surface area contributed by atoms with Crippen LogP contribution in [0.1, 0.15) is 0 Å². The first-order valence-corrected chi connectivity index (χ1v) is 4.50. The Hall–Kier alpha value is 0.640. The van der Waals surface area contributed by atoms with Gasteiger partial charge < -0.3 is 0 Å². The third-order valence-electron chi connectivity index (χ3n) is 0.685. The van der Waals surface area contributed by atoms with Crippen molar-refractivity contribution in [3.8, 4) is 0 Å². The van der Waals surface area contributed by atoms with Crippen molar-refractivity contribution in [3.05, 3.63) is 0 Å². The van der Waals surface area contributed by atoms with Gasteiger partial charge in [-0.1, -0.05) is 0 Å². The second kappa shape index (κ2) is 4.23. The third-order valence-corrected chi connectivity index (χ3v) is 3.06. The average Bonchev–Trinajstić information content (AvgIpc) is 1.78. The molecule has 74 valence electrons. The van der Waals surface area contributed by atoms with Gasteiger partial charge in [-0.05, 0) is 11.6 Å². The molecule has 1 unspecified atom stereocenters. The van der Waals surface area contributed by atoms with Crippen LogP contribution in [0.3, 0.4) is 0 Å². The SMILES string of the molecule is FC(F)(F)CSC(S)C(F)(F)Cl. The third kappa shape index (κ3) is 6.19. The summed E-state index contributed by atoms with van der Waals surface area (Å²) >= 11 is 7.57. The van der Waals surface area contributed by atoms with Crippen LogP contribution in [0, 0.1) is 0 Å². The Morgan fingerprint density at radius 3 is 1.92 bits per heavy atom. The van der Waals surface area contributed by atoms with E-state index in [-0.39, 0.29) is 11.8 Å². The molecule has 0 rings (SSSR count). The van der Waals surface area contributed by atoms with Gasteiger partial charge in [0.25, 0.3) is 0 Å². The second-order valence-corrected chi connectivity index (χ2v) is 4.28. The van der Waals surface area contributed by atoms with Crippen molar-refractivity contribution in [1.29, 1.82) is 0 Å². The Morgan fingerprint density at radius 1 is 1.25 bits per heavy atom. The quantitative estimate of drug-likeness (QED) is 0.345. The van der Waals surface area contributed by atoms with Crippen molar-refractivity contribution in [1.82, 2.24) is 0 Å². The fourth-order valence-electron chi connectivity index (χ4n) is 0.268. The van der Waals surface area contributed by atoms with E-state index >= 15 is 0 Å². The number of hydrogen-bond acceptors (Lipinski definition) is 2. The Labute approximate surface area is 80.2 Å². The van der Waals surface area contributed by atoms with Gasteiger partial charge in [0, 0.05) is 0 Å². The van der Waals surface area contributed by atoms with Crippen molar-refractivity contribution in [3.63, 3.8) is 0 Å². The number of alkyl halides is 6. The summed E-state index contributed by atoms with van der Waals surface area (Å²) in [5.74, 6) is -1.39. The van der Waals surface area contributed by atoms with Gasteiger partial charge in [0.05, 0.1) is 5.75 Å². The van der Waals surface area contributed by atoms with Crippen LogP contribution in [0.4, 0.5) is 22.0 Å². The van der Waals surface area contributed by atoms with Gasteiger partial charge in [0.15, 0.2) is 0 Å². The summed E-state index contributed by atoms with van der Waals surface area (Å²) in [6.45, 7) is 0. The van der Waals surface area contributed by atoms with E-state index in [0.29, 0.717) is 0 Å². The van der Waals surface area contributed by atoms with Crippen molar-refractivity contribution in [2.24, 2.45) is 0 Å². The van der Waals surface area contributed by atoms with E-state index in [1.54, 1.807) is 0 Å². The normalized spacial score (nSPS) is 16.2. The molecule has 0 saturated carbocycles. The maximum Gasteiger partial charge on any atom is 0.397 e. The molecule has 0 nitrogen and oxygen atoms in total. The molecule has 0 aliphatic rings. The maximum atomic E-state index is 12.0. The molecule has 12 heavy (non-hydrogen) atoms.